The molecule has 0 unspecified atom stereocenters. The van der Waals surface area contributed by atoms with Gasteiger partial charge in [-0.15, -0.1) is 0 Å². The Balaban J connectivity index is 1.79. The van der Waals surface area contributed by atoms with Gasteiger partial charge in [0.1, 0.15) is 17.2 Å². The average Bonchev–Trinajstić information content (AvgIpc) is 3.30. The van der Waals surface area contributed by atoms with Crippen molar-refractivity contribution in [2.24, 2.45) is 0 Å². The number of amides is 1. The van der Waals surface area contributed by atoms with Crippen LogP contribution in [0.3, 0.4) is 0 Å². The highest BCUT2D eigenvalue weighted by atomic mass is 16.6. The number of hydrogen-bond acceptors (Lipinski definition) is 6. The first kappa shape index (κ1) is 21.6. The molecule has 0 saturated carbocycles. The molecule has 0 atom stereocenters. The number of para-hydroxylation sites is 1. The summed E-state index contributed by atoms with van der Waals surface area (Å²) in [5, 5.41) is 18.3. The Morgan fingerprint density at radius 1 is 1.00 bits per heavy atom. The molecule has 0 aliphatic carbocycles. The highest BCUT2D eigenvalue weighted by molar-refractivity contribution is 6.08. The van der Waals surface area contributed by atoms with Gasteiger partial charge in [0.25, 0.3) is 11.6 Å². The van der Waals surface area contributed by atoms with Gasteiger partial charge in [0, 0.05) is 29.6 Å². The number of carbonyl (C=O) groups excluding carboxylic acids is 1. The van der Waals surface area contributed by atoms with Crippen molar-refractivity contribution in [3.05, 3.63) is 94.7 Å². The Morgan fingerprint density at radius 3 is 2.36 bits per heavy atom. The van der Waals surface area contributed by atoms with Crippen molar-refractivity contribution >= 4 is 17.3 Å². The summed E-state index contributed by atoms with van der Waals surface area (Å²) in [7, 11) is 3.09. The molecular weight excluding hydrogens is 424 g/mol. The Bertz CT molecular complexity index is 1300. The number of nitrogens with one attached hydrogen (secondary N) is 1. The normalized spacial score (nSPS) is 10.5. The molecule has 0 aliphatic rings. The molecule has 0 saturated heterocycles. The average molecular weight is 444 g/mol. The van der Waals surface area contributed by atoms with E-state index in [-0.39, 0.29) is 5.69 Å². The van der Waals surface area contributed by atoms with Crippen molar-refractivity contribution in [2.75, 3.05) is 19.5 Å². The van der Waals surface area contributed by atoms with Crippen LogP contribution in [0.4, 0.5) is 11.4 Å². The fourth-order valence-electron chi connectivity index (χ4n) is 3.32. The minimum atomic E-state index is -0.497. The van der Waals surface area contributed by atoms with Gasteiger partial charge < -0.3 is 14.8 Å². The molecule has 0 fully saturated rings. The maximum Gasteiger partial charge on any atom is 0.269 e. The van der Waals surface area contributed by atoms with E-state index in [1.165, 1.54) is 31.4 Å². The number of rotatable bonds is 7. The SMILES string of the molecule is COc1ccc(OC)c(-c2nn(-c3ccccc3)cc2C(=O)Nc2ccc([N+](=O)[O-])cc2)c1. The van der Waals surface area contributed by atoms with Gasteiger partial charge in [-0.25, -0.2) is 4.68 Å². The Kier molecular flexibility index (Phi) is 6.03. The van der Waals surface area contributed by atoms with E-state index in [1.807, 2.05) is 30.3 Å². The first-order chi connectivity index (χ1) is 16.0. The molecule has 33 heavy (non-hydrogen) atoms. The fourth-order valence-corrected chi connectivity index (χ4v) is 3.32. The zero-order valence-corrected chi connectivity index (χ0v) is 17.9. The van der Waals surface area contributed by atoms with Crippen molar-refractivity contribution in [3.63, 3.8) is 0 Å². The molecule has 9 heteroatoms. The number of non-ortho nitro benzene ring substituents is 1. The van der Waals surface area contributed by atoms with Gasteiger partial charge in [-0.3, -0.25) is 14.9 Å². The van der Waals surface area contributed by atoms with E-state index in [0.29, 0.717) is 34.0 Å². The standard InChI is InChI=1S/C24H20N4O5/c1-32-19-12-13-22(33-2)20(14-19)23-21(15-27(26-23)17-6-4-3-5-7-17)24(29)25-16-8-10-18(11-9-16)28(30)31/h3-15H,1-2H3,(H,25,29). The van der Waals surface area contributed by atoms with Crippen LogP contribution in [0.25, 0.3) is 16.9 Å². The second-order valence-corrected chi connectivity index (χ2v) is 7.00. The van der Waals surface area contributed by atoms with Crippen LogP contribution in [-0.2, 0) is 0 Å². The number of nitro groups is 1. The number of methoxy groups -OCH3 is 2. The van der Waals surface area contributed by atoms with Crippen LogP contribution in [0.5, 0.6) is 11.5 Å². The number of benzene rings is 3. The molecule has 0 bridgehead atoms. The van der Waals surface area contributed by atoms with Crippen molar-refractivity contribution in [3.8, 4) is 28.4 Å². The lowest BCUT2D eigenvalue weighted by Gasteiger charge is -2.10. The Morgan fingerprint density at radius 2 is 1.73 bits per heavy atom. The van der Waals surface area contributed by atoms with Crippen molar-refractivity contribution in [2.45, 2.75) is 0 Å². The van der Waals surface area contributed by atoms with Crippen LogP contribution in [0.1, 0.15) is 10.4 Å². The maximum atomic E-state index is 13.3. The molecule has 9 nitrogen and oxygen atoms in total. The monoisotopic (exact) mass is 444 g/mol. The summed E-state index contributed by atoms with van der Waals surface area (Å²) in [5.41, 5.74) is 2.40. The summed E-state index contributed by atoms with van der Waals surface area (Å²) < 4.78 is 12.5. The van der Waals surface area contributed by atoms with Crippen molar-refractivity contribution in [1.82, 2.24) is 9.78 Å². The van der Waals surface area contributed by atoms with Crippen LogP contribution >= 0.6 is 0 Å². The van der Waals surface area contributed by atoms with Gasteiger partial charge in [0.2, 0.25) is 0 Å². The molecule has 0 aliphatic heterocycles. The topological polar surface area (TPSA) is 109 Å². The predicted molar refractivity (Wildman–Crippen MR) is 123 cm³/mol. The number of anilines is 1. The van der Waals surface area contributed by atoms with Gasteiger partial charge in [-0.2, -0.15) is 5.10 Å². The minimum absolute atomic E-state index is 0.0632. The van der Waals surface area contributed by atoms with Crippen LogP contribution < -0.4 is 14.8 Å². The first-order valence-corrected chi connectivity index (χ1v) is 9.93. The quantitative estimate of drug-likeness (QED) is 0.326. The van der Waals surface area contributed by atoms with E-state index < -0.39 is 10.8 Å². The Labute approximate surface area is 189 Å². The number of carbonyl (C=O) groups is 1. The summed E-state index contributed by atoms with van der Waals surface area (Å²) in [6.45, 7) is 0. The third-order valence-electron chi connectivity index (χ3n) is 4.98. The summed E-state index contributed by atoms with van der Waals surface area (Å²) in [5.74, 6) is 0.686. The highest BCUT2D eigenvalue weighted by Gasteiger charge is 2.22. The lowest BCUT2D eigenvalue weighted by molar-refractivity contribution is -0.384. The molecule has 4 aromatic rings. The lowest BCUT2D eigenvalue weighted by atomic mass is 10.1. The second-order valence-electron chi connectivity index (χ2n) is 7.00. The largest absolute Gasteiger partial charge is 0.497 e. The zero-order valence-electron chi connectivity index (χ0n) is 17.9. The summed E-state index contributed by atoms with van der Waals surface area (Å²) in [6.07, 6.45) is 1.63. The molecule has 166 valence electrons. The van der Waals surface area contributed by atoms with E-state index in [1.54, 1.807) is 36.2 Å². The molecule has 1 heterocycles. The van der Waals surface area contributed by atoms with Crippen LogP contribution in [0.15, 0.2) is 79.0 Å². The van der Waals surface area contributed by atoms with E-state index >= 15 is 0 Å². The van der Waals surface area contributed by atoms with E-state index in [9.17, 15) is 14.9 Å². The number of aromatic nitrogens is 2. The van der Waals surface area contributed by atoms with E-state index in [4.69, 9.17) is 9.47 Å². The second kappa shape index (κ2) is 9.23. The fraction of sp³-hybridized carbons (Fsp3) is 0.0833. The molecule has 1 N–H and O–H groups in total. The minimum Gasteiger partial charge on any atom is -0.497 e. The molecule has 3 aromatic carbocycles. The summed E-state index contributed by atoms with van der Waals surface area (Å²) >= 11 is 0. The molecule has 0 radical (unpaired) electrons. The number of nitrogens with zero attached hydrogens (tertiary/aromatic N) is 3. The van der Waals surface area contributed by atoms with Gasteiger partial charge in [0.05, 0.1) is 30.4 Å². The smallest absolute Gasteiger partial charge is 0.269 e. The third-order valence-corrected chi connectivity index (χ3v) is 4.98. The molecular formula is C24H20N4O5. The molecule has 1 aromatic heterocycles. The molecule has 0 spiro atoms. The first-order valence-electron chi connectivity index (χ1n) is 9.93. The summed E-state index contributed by atoms with van der Waals surface area (Å²) in [4.78, 5) is 23.7. The molecule has 1 amide bonds. The number of nitro benzene ring substituents is 1. The maximum absolute atomic E-state index is 13.3. The van der Waals surface area contributed by atoms with Gasteiger partial charge in [0.15, 0.2) is 0 Å². The molecule has 4 rings (SSSR count). The zero-order chi connectivity index (χ0) is 23.4. The van der Waals surface area contributed by atoms with Crippen molar-refractivity contribution in [1.29, 1.82) is 0 Å². The van der Waals surface area contributed by atoms with Gasteiger partial charge in [-0.05, 0) is 42.5 Å². The number of ether oxygens (including phenoxy) is 2. The van der Waals surface area contributed by atoms with Crippen LogP contribution in [-0.4, -0.2) is 34.8 Å². The van der Waals surface area contributed by atoms with Crippen LogP contribution in [0.2, 0.25) is 0 Å². The van der Waals surface area contributed by atoms with Crippen molar-refractivity contribution < 1.29 is 19.2 Å². The van der Waals surface area contributed by atoms with Gasteiger partial charge in [-0.1, -0.05) is 18.2 Å². The number of hydrogen-bond donors (Lipinski definition) is 1. The summed E-state index contributed by atoms with van der Waals surface area (Å²) in [6, 6.07) is 20.2. The van der Waals surface area contributed by atoms with E-state index in [2.05, 4.69) is 10.4 Å². The Hall–Kier alpha value is -4.66. The predicted octanol–water partition coefficient (Wildman–Crippen LogP) is 4.72. The van der Waals surface area contributed by atoms with E-state index in [0.717, 1.165) is 5.69 Å². The lowest BCUT2D eigenvalue weighted by Crippen LogP contribution is -2.12. The van der Waals surface area contributed by atoms with Gasteiger partial charge >= 0.3 is 0 Å². The van der Waals surface area contributed by atoms with Crippen LogP contribution in [0, 0.1) is 10.1 Å². The third kappa shape index (κ3) is 4.52. The highest BCUT2D eigenvalue weighted by Crippen LogP contribution is 2.35.